The van der Waals surface area contributed by atoms with E-state index in [0.29, 0.717) is 0 Å². The van der Waals surface area contributed by atoms with Gasteiger partial charge in [0.15, 0.2) is 0 Å². The smallest absolute Gasteiger partial charge is 0.0231 e. The molecule has 0 unspecified atom stereocenters. The van der Waals surface area contributed by atoms with Crippen LogP contribution in [0.5, 0.6) is 0 Å². The Balaban J connectivity index is 1.85. The van der Waals surface area contributed by atoms with Crippen LogP contribution in [-0.4, -0.2) is 19.0 Å². The van der Waals surface area contributed by atoms with Gasteiger partial charge in [-0.05, 0) is 0 Å². The number of hydrogen-bond acceptors (Lipinski definition) is 0. The molecule has 0 aliphatic heterocycles. The molecule has 1 rings (SSSR count). The average Bonchev–Trinajstić information content (AvgIpc) is 2.61. The summed E-state index contributed by atoms with van der Waals surface area (Å²) in [5.41, 5.74) is 2.50. The van der Waals surface area contributed by atoms with Gasteiger partial charge >= 0.3 is 0 Å². The Labute approximate surface area is 159 Å². The first-order valence-corrected chi connectivity index (χ1v) is 15.5. The summed E-state index contributed by atoms with van der Waals surface area (Å²) in [6.07, 6.45) is 24.5. The predicted molar refractivity (Wildman–Crippen MR) is 119 cm³/mol. The molecule has 0 amide bonds. The summed E-state index contributed by atoms with van der Waals surface area (Å²) in [7, 11) is 0.566. The zero-order chi connectivity index (χ0) is 17.3. The number of rotatable bonds is 16. The van der Waals surface area contributed by atoms with Crippen LogP contribution in [0.25, 0.3) is 0 Å². The van der Waals surface area contributed by atoms with Crippen molar-refractivity contribution in [2.24, 2.45) is 0 Å². The minimum Gasteiger partial charge on any atom is -0.0654 e. The fourth-order valence-corrected chi connectivity index (χ4v) is 9.13. The van der Waals surface area contributed by atoms with E-state index in [1.54, 1.807) is 50.6 Å². The van der Waals surface area contributed by atoms with Crippen molar-refractivity contribution in [3.05, 3.63) is 0 Å². The topological polar surface area (TPSA) is 0 Å². The average molecular weight is 369 g/mol. The van der Waals surface area contributed by atoms with Crippen molar-refractivity contribution in [3.63, 3.8) is 0 Å². The van der Waals surface area contributed by atoms with Gasteiger partial charge in [0.05, 0.1) is 0 Å². The summed E-state index contributed by atoms with van der Waals surface area (Å²) in [4.78, 5) is 0. The largest absolute Gasteiger partial charge is 0.0654 e. The van der Waals surface area contributed by atoms with Gasteiger partial charge in [-0.1, -0.05) is 140 Å². The fraction of sp³-hybridized carbons (Fsp3) is 1.00. The molecule has 0 saturated heterocycles. The van der Waals surface area contributed by atoms with Crippen LogP contribution < -0.4 is 0 Å². The highest BCUT2D eigenvalue weighted by Gasteiger charge is 2.20. The molecule has 0 radical (unpaired) electrons. The van der Waals surface area contributed by atoms with Gasteiger partial charge in [0.2, 0.25) is 0 Å². The van der Waals surface area contributed by atoms with Crippen LogP contribution in [0.15, 0.2) is 0 Å². The summed E-state index contributed by atoms with van der Waals surface area (Å²) < 4.78 is 0. The molecule has 0 nitrogen and oxygen atoms in total. The Morgan fingerprint density at radius 1 is 0.500 bits per heavy atom. The van der Waals surface area contributed by atoms with E-state index in [4.69, 9.17) is 0 Å². The molecule has 0 heterocycles. The molecule has 24 heavy (non-hydrogen) atoms. The van der Waals surface area contributed by atoms with Crippen LogP contribution in [0, 0.1) is 0 Å². The molecule has 0 aromatic rings. The second-order valence-electron chi connectivity index (χ2n) is 8.71. The highest BCUT2D eigenvalue weighted by molar-refractivity contribution is 6.39. The maximum absolute atomic E-state index is 2.32. The second-order valence-corrected chi connectivity index (χ2v) is 13.6. The Bertz CT molecular complexity index is 220. The van der Waals surface area contributed by atoms with Gasteiger partial charge in [-0.25, -0.2) is 0 Å². The lowest BCUT2D eigenvalue weighted by Gasteiger charge is -2.28. The van der Waals surface area contributed by atoms with E-state index in [-0.39, 0.29) is 19.0 Å². The van der Waals surface area contributed by atoms with Gasteiger partial charge < -0.3 is 0 Å². The van der Waals surface area contributed by atoms with Gasteiger partial charge in [0.25, 0.3) is 0 Å². The van der Waals surface area contributed by atoms with Gasteiger partial charge in [0.1, 0.15) is 0 Å². The fourth-order valence-electron chi connectivity index (χ4n) is 4.59. The van der Waals surface area contributed by atoms with Crippen molar-refractivity contribution in [2.75, 3.05) is 0 Å². The Hall–Kier alpha value is 0.434. The molecular weight excluding hydrogens is 320 g/mol. The molecule has 1 saturated carbocycles. The number of unbranched alkanes of at least 4 members (excludes halogenated alkanes) is 10. The highest BCUT2D eigenvalue weighted by Crippen LogP contribution is 2.36. The van der Waals surface area contributed by atoms with Gasteiger partial charge in [-0.3, -0.25) is 0 Å². The van der Waals surface area contributed by atoms with Crippen LogP contribution >= 0.6 is 0 Å². The summed E-state index contributed by atoms with van der Waals surface area (Å²) in [6.45, 7) is 4.64. The van der Waals surface area contributed by atoms with E-state index in [2.05, 4.69) is 13.8 Å². The SMILES string of the molecule is CCCCCCCC[SiH2]C1CCC([SiH2]CCCCCCCC)CC1. The number of hydrogen-bond donors (Lipinski definition) is 0. The van der Waals surface area contributed by atoms with Crippen molar-refractivity contribution in [1.82, 2.24) is 0 Å². The Morgan fingerprint density at radius 3 is 1.21 bits per heavy atom. The first-order valence-electron chi connectivity index (χ1n) is 11.9. The molecule has 0 aromatic carbocycles. The zero-order valence-corrected chi connectivity index (χ0v) is 20.1. The summed E-state index contributed by atoms with van der Waals surface area (Å²) in [5, 5.41) is 0. The molecule has 2 heteroatoms. The van der Waals surface area contributed by atoms with Crippen molar-refractivity contribution in [3.8, 4) is 0 Å². The molecule has 0 N–H and O–H groups in total. The van der Waals surface area contributed by atoms with Crippen molar-refractivity contribution in [2.45, 2.75) is 140 Å². The predicted octanol–water partition coefficient (Wildman–Crippen LogP) is 7.03. The molecule has 0 spiro atoms. The molecule has 0 atom stereocenters. The summed E-state index contributed by atoms with van der Waals surface area (Å²) >= 11 is 0. The lowest BCUT2D eigenvalue weighted by molar-refractivity contribution is 0.494. The first kappa shape index (κ1) is 22.5. The van der Waals surface area contributed by atoms with Crippen LogP contribution in [-0.2, 0) is 0 Å². The van der Waals surface area contributed by atoms with E-state index < -0.39 is 0 Å². The van der Waals surface area contributed by atoms with E-state index in [0.717, 1.165) is 0 Å². The standard InChI is InChI=1S/C22H48Si2/c1-3-5-7-9-11-13-19-23-21-15-17-22(18-16-21)24-20-14-12-10-8-6-4-2/h21-22H,3-20,23-24H2,1-2H3. The molecule has 0 aromatic heterocycles. The van der Waals surface area contributed by atoms with E-state index in [9.17, 15) is 0 Å². The maximum Gasteiger partial charge on any atom is 0.0231 e. The third-order valence-corrected chi connectivity index (χ3v) is 11.5. The summed E-state index contributed by atoms with van der Waals surface area (Å²) in [6, 6.07) is 3.33. The minimum atomic E-state index is 0.283. The van der Waals surface area contributed by atoms with Crippen molar-refractivity contribution in [1.29, 1.82) is 0 Å². The molecular formula is C22H48Si2. The highest BCUT2D eigenvalue weighted by atomic mass is 28.2. The zero-order valence-electron chi connectivity index (χ0n) is 17.3. The third-order valence-electron chi connectivity index (χ3n) is 6.40. The Morgan fingerprint density at radius 2 is 0.833 bits per heavy atom. The van der Waals surface area contributed by atoms with Gasteiger partial charge in [-0.15, -0.1) is 0 Å². The molecule has 0 bridgehead atoms. The quantitative estimate of drug-likeness (QED) is 0.202. The van der Waals surface area contributed by atoms with Crippen LogP contribution in [0.4, 0.5) is 0 Å². The van der Waals surface area contributed by atoms with E-state index in [1.165, 1.54) is 75.3 Å². The molecule has 1 aliphatic carbocycles. The monoisotopic (exact) mass is 368 g/mol. The van der Waals surface area contributed by atoms with Crippen LogP contribution in [0.3, 0.4) is 0 Å². The minimum absolute atomic E-state index is 0.283. The lowest BCUT2D eigenvalue weighted by atomic mass is 9.99. The third kappa shape index (κ3) is 12.7. The van der Waals surface area contributed by atoms with Gasteiger partial charge in [-0.2, -0.15) is 0 Å². The Kier molecular flexibility index (Phi) is 15.8. The van der Waals surface area contributed by atoms with Crippen LogP contribution in [0.1, 0.15) is 117 Å². The normalized spacial score (nSPS) is 22.2. The lowest BCUT2D eigenvalue weighted by Crippen LogP contribution is -2.15. The van der Waals surface area contributed by atoms with Gasteiger partial charge in [0, 0.05) is 19.0 Å². The van der Waals surface area contributed by atoms with Crippen molar-refractivity contribution < 1.29 is 0 Å². The summed E-state index contributed by atoms with van der Waals surface area (Å²) in [5.74, 6) is 0. The first-order chi connectivity index (χ1) is 11.9. The molecule has 144 valence electrons. The molecule has 1 fully saturated rings. The van der Waals surface area contributed by atoms with Crippen LogP contribution in [0.2, 0.25) is 23.2 Å². The maximum atomic E-state index is 2.32. The van der Waals surface area contributed by atoms with Crippen molar-refractivity contribution >= 4 is 19.0 Å². The molecule has 1 aliphatic rings. The second kappa shape index (κ2) is 16.9. The van der Waals surface area contributed by atoms with E-state index >= 15 is 0 Å². The van der Waals surface area contributed by atoms with E-state index in [1.807, 2.05) is 0 Å².